The van der Waals surface area contributed by atoms with Crippen molar-refractivity contribution in [3.63, 3.8) is 0 Å². The second kappa shape index (κ2) is 5.11. The van der Waals surface area contributed by atoms with Gasteiger partial charge in [-0.05, 0) is 25.0 Å². The van der Waals surface area contributed by atoms with Crippen LogP contribution in [0.3, 0.4) is 0 Å². The van der Waals surface area contributed by atoms with Gasteiger partial charge in [-0.25, -0.2) is 0 Å². The van der Waals surface area contributed by atoms with Crippen molar-refractivity contribution >= 4 is 17.3 Å². The van der Waals surface area contributed by atoms with E-state index in [2.05, 4.69) is 34.3 Å². The molecule has 4 nitrogen and oxygen atoms in total. The SMILES string of the molecule is Cc1nn(C)c(Cl)c1CN1CC(N)Cc2ccccc21. The molecule has 0 aliphatic carbocycles. The molecule has 5 heteroatoms. The summed E-state index contributed by atoms with van der Waals surface area (Å²) in [6.07, 6.45) is 0.937. The van der Waals surface area contributed by atoms with Gasteiger partial charge in [-0.1, -0.05) is 29.8 Å². The van der Waals surface area contributed by atoms with Crippen LogP contribution in [-0.4, -0.2) is 22.4 Å². The number of rotatable bonds is 2. The third-order valence-corrected chi connectivity index (χ3v) is 4.36. The second-order valence-corrected chi connectivity index (χ2v) is 5.81. The second-order valence-electron chi connectivity index (χ2n) is 5.45. The van der Waals surface area contributed by atoms with Gasteiger partial charge >= 0.3 is 0 Å². The molecular formula is C15H19ClN4. The molecule has 2 heterocycles. The lowest BCUT2D eigenvalue weighted by Gasteiger charge is -2.34. The van der Waals surface area contributed by atoms with Gasteiger partial charge in [0.1, 0.15) is 5.15 Å². The summed E-state index contributed by atoms with van der Waals surface area (Å²) in [7, 11) is 1.87. The Hall–Kier alpha value is -1.52. The van der Waals surface area contributed by atoms with Crippen LogP contribution >= 0.6 is 11.6 Å². The Labute approximate surface area is 124 Å². The molecule has 1 aromatic heterocycles. The first-order valence-electron chi connectivity index (χ1n) is 6.82. The van der Waals surface area contributed by atoms with E-state index in [9.17, 15) is 0 Å². The fourth-order valence-corrected chi connectivity index (χ4v) is 3.15. The Morgan fingerprint density at radius 3 is 2.85 bits per heavy atom. The van der Waals surface area contributed by atoms with Crippen LogP contribution in [0.5, 0.6) is 0 Å². The molecule has 2 aromatic rings. The Bertz CT molecular complexity index is 635. The largest absolute Gasteiger partial charge is 0.365 e. The van der Waals surface area contributed by atoms with E-state index in [1.165, 1.54) is 11.3 Å². The molecular weight excluding hydrogens is 272 g/mol. The van der Waals surface area contributed by atoms with E-state index >= 15 is 0 Å². The molecule has 1 aliphatic rings. The zero-order valence-corrected chi connectivity index (χ0v) is 12.6. The van der Waals surface area contributed by atoms with Crippen LogP contribution < -0.4 is 10.6 Å². The first kappa shape index (κ1) is 13.5. The van der Waals surface area contributed by atoms with Crippen molar-refractivity contribution in [2.24, 2.45) is 12.8 Å². The summed E-state index contributed by atoms with van der Waals surface area (Å²) in [5.74, 6) is 0. The summed E-state index contributed by atoms with van der Waals surface area (Å²) in [5, 5.41) is 5.09. The quantitative estimate of drug-likeness (QED) is 0.923. The van der Waals surface area contributed by atoms with Gasteiger partial charge in [0.05, 0.1) is 5.69 Å². The Morgan fingerprint density at radius 2 is 2.15 bits per heavy atom. The summed E-state index contributed by atoms with van der Waals surface area (Å²) in [4.78, 5) is 2.30. The van der Waals surface area contributed by atoms with Gasteiger partial charge in [0.2, 0.25) is 0 Å². The molecule has 0 saturated carbocycles. The number of aryl methyl sites for hydroxylation is 2. The highest BCUT2D eigenvalue weighted by Crippen LogP contribution is 2.30. The van der Waals surface area contributed by atoms with E-state index in [0.29, 0.717) is 5.15 Å². The highest BCUT2D eigenvalue weighted by Gasteiger charge is 2.23. The summed E-state index contributed by atoms with van der Waals surface area (Å²) < 4.78 is 1.72. The van der Waals surface area contributed by atoms with E-state index in [1.807, 2.05) is 14.0 Å². The van der Waals surface area contributed by atoms with Gasteiger partial charge in [0, 0.05) is 37.4 Å². The maximum atomic E-state index is 6.34. The minimum Gasteiger partial charge on any atom is -0.365 e. The van der Waals surface area contributed by atoms with Crippen molar-refractivity contribution < 1.29 is 0 Å². The molecule has 106 valence electrons. The Kier molecular flexibility index (Phi) is 3.44. The van der Waals surface area contributed by atoms with Gasteiger partial charge in [-0.15, -0.1) is 0 Å². The molecule has 0 fully saturated rings. The van der Waals surface area contributed by atoms with Crippen LogP contribution in [0, 0.1) is 6.92 Å². The summed E-state index contributed by atoms with van der Waals surface area (Å²) in [6.45, 7) is 3.60. The van der Waals surface area contributed by atoms with Crippen LogP contribution in [0.25, 0.3) is 0 Å². The van der Waals surface area contributed by atoms with Crippen molar-refractivity contribution in [2.75, 3.05) is 11.4 Å². The van der Waals surface area contributed by atoms with Gasteiger partial charge in [-0.3, -0.25) is 4.68 Å². The first-order chi connectivity index (χ1) is 9.56. The molecule has 0 spiro atoms. The van der Waals surface area contributed by atoms with Crippen molar-refractivity contribution in [3.05, 3.63) is 46.2 Å². The van der Waals surface area contributed by atoms with Crippen molar-refractivity contribution in [1.29, 1.82) is 0 Å². The van der Waals surface area contributed by atoms with Crippen LogP contribution in [0.2, 0.25) is 5.15 Å². The summed E-state index contributed by atoms with van der Waals surface area (Å²) in [6, 6.07) is 8.61. The van der Waals surface area contributed by atoms with Crippen LogP contribution in [-0.2, 0) is 20.0 Å². The summed E-state index contributed by atoms with van der Waals surface area (Å²) in [5.41, 5.74) is 10.8. The number of para-hydroxylation sites is 1. The zero-order valence-electron chi connectivity index (χ0n) is 11.8. The standard InChI is InChI=1S/C15H19ClN4/c1-10-13(15(16)19(2)18-10)9-20-8-12(17)7-11-5-3-4-6-14(11)20/h3-6,12H,7-9,17H2,1-2H3. The molecule has 0 bridgehead atoms. The zero-order chi connectivity index (χ0) is 14.3. The van der Waals surface area contributed by atoms with Crippen molar-refractivity contribution in [3.8, 4) is 0 Å². The number of hydrogen-bond acceptors (Lipinski definition) is 3. The summed E-state index contributed by atoms with van der Waals surface area (Å²) >= 11 is 6.34. The Morgan fingerprint density at radius 1 is 1.40 bits per heavy atom. The minimum atomic E-state index is 0.167. The number of hydrogen-bond donors (Lipinski definition) is 1. The van der Waals surface area contributed by atoms with Gasteiger partial charge < -0.3 is 10.6 Å². The predicted molar refractivity (Wildman–Crippen MR) is 82.1 cm³/mol. The normalized spacial score (nSPS) is 18.2. The highest BCUT2D eigenvalue weighted by molar-refractivity contribution is 6.30. The van der Waals surface area contributed by atoms with E-state index in [1.54, 1.807) is 4.68 Å². The van der Waals surface area contributed by atoms with Crippen LogP contribution in [0.1, 0.15) is 16.8 Å². The number of halogens is 1. The number of fused-ring (bicyclic) bond motifs is 1. The fraction of sp³-hybridized carbons (Fsp3) is 0.400. The van der Waals surface area contributed by atoms with Crippen LogP contribution in [0.15, 0.2) is 24.3 Å². The first-order valence-corrected chi connectivity index (χ1v) is 7.20. The van der Waals surface area contributed by atoms with E-state index in [0.717, 1.165) is 30.8 Å². The molecule has 20 heavy (non-hydrogen) atoms. The maximum Gasteiger partial charge on any atom is 0.131 e. The topological polar surface area (TPSA) is 47.1 Å². The molecule has 1 aromatic carbocycles. The smallest absolute Gasteiger partial charge is 0.131 e. The average Bonchev–Trinajstić information content (AvgIpc) is 2.65. The lowest BCUT2D eigenvalue weighted by Crippen LogP contribution is -2.43. The number of nitrogens with zero attached hydrogens (tertiary/aromatic N) is 3. The number of benzene rings is 1. The molecule has 1 unspecified atom stereocenters. The van der Waals surface area contributed by atoms with Crippen molar-refractivity contribution in [2.45, 2.75) is 25.9 Å². The van der Waals surface area contributed by atoms with E-state index in [4.69, 9.17) is 17.3 Å². The third-order valence-electron chi connectivity index (χ3n) is 3.89. The molecule has 0 radical (unpaired) electrons. The maximum absolute atomic E-state index is 6.34. The fourth-order valence-electron chi connectivity index (χ4n) is 2.91. The molecule has 0 saturated heterocycles. The number of nitrogens with two attached hydrogens (primary N) is 1. The molecule has 1 aliphatic heterocycles. The third kappa shape index (κ3) is 2.30. The molecule has 1 atom stereocenters. The van der Waals surface area contributed by atoms with E-state index < -0.39 is 0 Å². The average molecular weight is 291 g/mol. The monoisotopic (exact) mass is 290 g/mol. The Balaban J connectivity index is 1.95. The minimum absolute atomic E-state index is 0.167. The van der Waals surface area contributed by atoms with Gasteiger partial charge in [0.15, 0.2) is 0 Å². The van der Waals surface area contributed by atoms with E-state index in [-0.39, 0.29) is 6.04 Å². The highest BCUT2D eigenvalue weighted by atomic mass is 35.5. The molecule has 2 N–H and O–H groups in total. The lowest BCUT2D eigenvalue weighted by atomic mass is 9.98. The van der Waals surface area contributed by atoms with Gasteiger partial charge in [0.25, 0.3) is 0 Å². The number of anilines is 1. The molecule has 3 rings (SSSR count). The number of aromatic nitrogens is 2. The lowest BCUT2D eigenvalue weighted by molar-refractivity contribution is 0.598. The van der Waals surface area contributed by atoms with Gasteiger partial charge in [-0.2, -0.15) is 5.10 Å². The predicted octanol–water partition coefficient (Wildman–Crippen LogP) is 2.27. The van der Waals surface area contributed by atoms with Crippen molar-refractivity contribution in [1.82, 2.24) is 9.78 Å². The molecule has 0 amide bonds. The van der Waals surface area contributed by atoms with Crippen LogP contribution in [0.4, 0.5) is 5.69 Å².